The number of amides is 1. The van der Waals surface area contributed by atoms with E-state index in [0.717, 1.165) is 41.0 Å². The van der Waals surface area contributed by atoms with Crippen LogP contribution in [0.5, 0.6) is 0 Å². The Hall–Kier alpha value is -2.03. The summed E-state index contributed by atoms with van der Waals surface area (Å²) in [6.07, 6.45) is 4.21. The molecule has 1 fully saturated rings. The van der Waals surface area contributed by atoms with E-state index in [4.69, 9.17) is 4.74 Å². The van der Waals surface area contributed by atoms with Crippen LogP contribution in [0.15, 0.2) is 29.3 Å². The highest BCUT2D eigenvalue weighted by Crippen LogP contribution is 2.32. The van der Waals surface area contributed by atoms with Crippen LogP contribution < -0.4 is 10.6 Å². The minimum absolute atomic E-state index is 0.0774. The fraction of sp³-hybridized carbons (Fsp3) is 0.545. The van der Waals surface area contributed by atoms with E-state index in [1.807, 2.05) is 29.8 Å². The van der Waals surface area contributed by atoms with Crippen molar-refractivity contribution in [2.24, 2.45) is 13.0 Å². The monoisotopic (exact) mass is 431 g/mol. The number of rotatable bonds is 9. The third kappa shape index (κ3) is 5.77. The zero-order chi connectivity index (χ0) is 21.5. The van der Waals surface area contributed by atoms with Crippen LogP contribution in [0, 0.1) is 12.8 Å². The standard InChI is InChI=1S/C22H33N5O2S/c1-16-7-11-27(12-8-16)30-20-14-19(26(3)17(20)2)22(28)25-15-18-6-5-9-23-21(18)24-10-13-29-4/h5-6,9,14,16H,7-8,10-13,15H2,1-4H3,(H,23,24)(H,25,28). The summed E-state index contributed by atoms with van der Waals surface area (Å²) in [5.74, 6) is 1.50. The van der Waals surface area contributed by atoms with Gasteiger partial charge < -0.3 is 19.9 Å². The fourth-order valence-electron chi connectivity index (χ4n) is 3.47. The molecule has 1 amide bonds. The number of carbonyl (C=O) groups is 1. The van der Waals surface area contributed by atoms with Crippen LogP contribution in [-0.4, -0.2) is 53.1 Å². The Morgan fingerprint density at radius 3 is 2.87 bits per heavy atom. The molecule has 2 aromatic rings. The number of pyridine rings is 1. The van der Waals surface area contributed by atoms with Crippen LogP contribution in [-0.2, 0) is 18.3 Å². The molecule has 0 aromatic carbocycles. The average molecular weight is 432 g/mol. The van der Waals surface area contributed by atoms with Crippen molar-refractivity contribution < 1.29 is 9.53 Å². The van der Waals surface area contributed by atoms with Crippen molar-refractivity contribution in [1.82, 2.24) is 19.2 Å². The molecule has 0 unspecified atom stereocenters. The van der Waals surface area contributed by atoms with Crippen molar-refractivity contribution in [3.8, 4) is 0 Å². The SMILES string of the molecule is COCCNc1ncccc1CNC(=O)c1cc(SN2CCC(C)CC2)c(C)n1C. The smallest absolute Gasteiger partial charge is 0.268 e. The topological polar surface area (TPSA) is 71.4 Å². The van der Waals surface area contributed by atoms with Crippen molar-refractivity contribution in [2.75, 3.05) is 38.7 Å². The van der Waals surface area contributed by atoms with E-state index in [9.17, 15) is 4.79 Å². The van der Waals surface area contributed by atoms with Crippen molar-refractivity contribution in [3.63, 3.8) is 0 Å². The summed E-state index contributed by atoms with van der Waals surface area (Å²) in [6, 6.07) is 5.86. The summed E-state index contributed by atoms with van der Waals surface area (Å²) in [4.78, 5) is 18.4. The molecule has 1 aliphatic rings. The maximum absolute atomic E-state index is 12.9. The summed E-state index contributed by atoms with van der Waals surface area (Å²) >= 11 is 1.77. The number of piperidine rings is 1. The van der Waals surface area contributed by atoms with Gasteiger partial charge in [-0.3, -0.25) is 4.79 Å². The minimum atomic E-state index is -0.0774. The zero-order valence-corrected chi connectivity index (χ0v) is 19.2. The van der Waals surface area contributed by atoms with E-state index in [-0.39, 0.29) is 5.91 Å². The van der Waals surface area contributed by atoms with E-state index in [0.29, 0.717) is 25.4 Å². The summed E-state index contributed by atoms with van der Waals surface area (Å²) in [6.45, 7) is 8.27. The molecule has 7 nitrogen and oxygen atoms in total. The molecule has 0 spiro atoms. The first-order chi connectivity index (χ1) is 14.5. The summed E-state index contributed by atoms with van der Waals surface area (Å²) in [5.41, 5.74) is 2.75. The molecule has 30 heavy (non-hydrogen) atoms. The molecule has 0 aliphatic carbocycles. The first kappa shape index (κ1) is 22.7. The molecule has 0 atom stereocenters. The largest absolute Gasteiger partial charge is 0.383 e. The quantitative estimate of drug-likeness (QED) is 0.468. The summed E-state index contributed by atoms with van der Waals surface area (Å²) in [5, 5.41) is 6.29. The van der Waals surface area contributed by atoms with Gasteiger partial charge >= 0.3 is 0 Å². The first-order valence-corrected chi connectivity index (χ1v) is 11.3. The normalized spacial score (nSPS) is 15.3. The number of methoxy groups -OCH3 is 1. The highest BCUT2D eigenvalue weighted by Gasteiger charge is 2.21. The van der Waals surface area contributed by atoms with Gasteiger partial charge in [-0.2, -0.15) is 0 Å². The van der Waals surface area contributed by atoms with E-state index in [1.54, 1.807) is 25.3 Å². The molecular formula is C22H33N5O2S. The summed E-state index contributed by atoms with van der Waals surface area (Å²) < 4.78 is 9.47. The van der Waals surface area contributed by atoms with E-state index < -0.39 is 0 Å². The highest BCUT2D eigenvalue weighted by atomic mass is 32.2. The Morgan fingerprint density at radius 1 is 1.37 bits per heavy atom. The number of hydrogen-bond acceptors (Lipinski definition) is 6. The molecule has 164 valence electrons. The van der Waals surface area contributed by atoms with Crippen LogP contribution in [0.1, 0.15) is 41.5 Å². The number of nitrogens with one attached hydrogen (secondary N) is 2. The molecule has 3 rings (SSSR count). The van der Waals surface area contributed by atoms with Gasteiger partial charge in [0.1, 0.15) is 11.5 Å². The van der Waals surface area contributed by atoms with Crippen molar-refractivity contribution in [1.29, 1.82) is 0 Å². The molecule has 2 aromatic heterocycles. The lowest BCUT2D eigenvalue weighted by Crippen LogP contribution is -2.27. The van der Waals surface area contributed by atoms with Crippen LogP contribution in [0.2, 0.25) is 0 Å². The van der Waals surface area contributed by atoms with Gasteiger partial charge in [0.25, 0.3) is 5.91 Å². The van der Waals surface area contributed by atoms with Gasteiger partial charge in [0.05, 0.1) is 6.61 Å². The van der Waals surface area contributed by atoms with Gasteiger partial charge in [-0.15, -0.1) is 0 Å². The van der Waals surface area contributed by atoms with E-state index in [1.165, 1.54) is 12.8 Å². The Bertz CT molecular complexity index is 846. The minimum Gasteiger partial charge on any atom is -0.383 e. The van der Waals surface area contributed by atoms with E-state index >= 15 is 0 Å². The fourth-order valence-corrected chi connectivity index (χ4v) is 4.58. The third-order valence-corrected chi connectivity index (χ3v) is 6.85. The van der Waals surface area contributed by atoms with Gasteiger partial charge in [0.15, 0.2) is 0 Å². The van der Waals surface area contributed by atoms with Gasteiger partial charge in [0, 0.05) is 62.7 Å². The first-order valence-electron chi connectivity index (χ1n) is 10.5. The molecular weight excluding hydrogens is 398 g/mol. The number of ether oxygens (including phenoxy) is 1. The number of carbonyl (C=O) groups excluding carboxylic acids is 1. The van der Waals surface area contributed by atoms with Crippen LogP contribution in [0.4, 0.5) is 5.82 Å². The predicted octanol–water partition coefficient (Wildman–Crippen LogP) is 3.46. The second-order valence-corrected chi connectivity index (χ2v) is 8.99. The molecule has 2 N–H and O–H groups in total. The molecule has 8 heteroatoms. The van der Waals surface area contributed by atoms with E-state index in [2.05, 4.69) is 33.8 Å². The Morgan fingerprint density at radius 2 is 2.13 bits per heavy atom. The number of anilines is 1. The van der Waals surface area contributed by atoms with Gasteiger partial charge in [-0.05, 0) is 49.8 Å². The molecule has 1 saturated heterocycles. The van der Waals surface area contributed by atoms with Crippen molar-refractivity contribution >= 4 is 23.7 Å². The highest BCUT2D eigenvalue weighted by molar-refractivity contribution is 7.97. The zero-order valence-electron chi connectivity index (χ0n) is 18.4. The second kappa shape index (κ2) is 10.8. The van der Waals surface area contributed by atoms with Crippen LogP contribution >= 0.6 is 11.9 Å². The second-order valence-electron chi connectivity index (χ2n) is 7.85. The lowest BCUT2D eigenvalue weighted by molar-refractivity contribution is 0.0942. The summed E-state index contributed by atoms with van der Waals surface area (Å²) in [7, 11) is 3.62. The number of nitrogens with zero attached hydrogens (tertiary/aromatic N) is 3. The Kier molecular flexibility index (Phi) is 8.18. The third-order valence-electron chi connectivity index (χ3n) is 5.62. The molecule has 0 bridgehead atoms. The van der Waals surface area contributed by atoms with Gasteiger partial charge in [-0.1, -0.05) is 13.0 Å². The Labute approximate surface area is 183 Å². The molecule has 0 saturated carbocycles. The van der Waals surface area contributed by atoms with Crippen LogP contribution in [0.3, 0.4) is 0 Å². The molecule has 0 radical (unpaired) electrons. The van der Waals surface area contributed by atoms with Crippen molar-refractivity contribution in [3.05, 3.63) is 41.3 Å². The van der Waals surface area contributed by atoms with Gasteiger partial charge in [0.2, 0.25) is 0 Å². The lowest BCUT2D eigenvalue weighted by Gasteiger charge is -2.28. The molecule has 1 aliphatic heterocycles. The van der Waals surface area contributed by atoms with Crippen LogP contribution in [0.25, 0.3) is 0 Å². The maximum Gasteiger partial charge on any atom is 0.268 e. The number of hydrogen-bond donors (Lipinski definition) is 2. The Balaban J connectivity index is 1.62. The lowest BCUT2D eigenvalue weighted by atomic mass is 10.0. The predicted molar refractivity (Wildman–Crippen MR) is 122 cm³/mol. The van der Waals surface area contributed by atoms with Gasteiger partial charge in [-0.25, -0.2) is 9.29 Å². The molecule has 3 heterocycles. The van der Waals surface area contributed by atoms with Crippen molar-refractivity contribution in [2.45, 2.75) is 38.1 Å². The number of aromatic nitrogens is 2. The average Bonchev–Trinajstić information content (AvgIpc) is 3.03. The maximum atomic E-state index is 12.9.